The predicted octanol–water partition coefficient (Wildman–Crippen LogP) is 3.38. The Morgan fingerprint density at radius 3 is 3.08 bits per heavy atom. The van der Waals surface area contributed by atoms with Crippen molar-refractivity contribution in [3.8, 4) is 11.4 Å². The van der Waals surface area contributed by atoms with Crippen LogP contribution >= 0.6 is 23.1 Å². The summed E-state index contributed by atoms with van der Waals surface area (Å²) >= 11 is 2.79. The van der Waals surface area contributed by atoms with E-state index in [1.54, 1.807) is 13.3 Å². The van der Waals surface area contributed by atoms with Crippen LogP contribution in [0, 0.1) is 6.92 Å². The number of imidazole rings is 1. The molecule has 0 saturated carbocycles. The van der Waals surface area contributed by atoms with Crippen molar-refractivity contribution in [2.75, 3.05) is 18.2 Å². The van der Waals surface area contributed by atoms with Crippen molar-refractivity contribution in [2.45, 2.75) is 12.1 Å². The Morgan fingerprint density at radius 2 is 2.33 bits per heavy atom. The molecular formula is C16H16N4O2S2. The summed E-state index contributed by atoms with van der Waals surface area (Å²) in [6.45, 7) is 1.89. The van der Waals surface area contributed by atoms with Crippen LogP contribution in [0.4, 0.5) is 5.13 Å². The lowest BCUT2D eigenvalue weighted by Gasteiger charge is -2.09. The number of carbonyl (C=O) groups excluding carboxylic acids is 1. The van der Waals surface area contributed by atoms with Crippen molar-refractivity contribution in [1.82, 2.24) is 14.5 Å². The first-order valence-electron chi connectivity index (χ1n) is 7.18. The third kappa shape index (κ3) is 3.95. The van der Waals surface area contributed by atoms with E-state index in [1.165, 1.54) is 23.1 Å². The van der Waals surface area contributed by atoms with Crippen molar-refractivity contribution < 1.29 is 9.53 Å². The molecule has 1 aromatic carbocycles. The monoisotopic (exact) mass is 360 g/mol. The molecule has 0 aliphatic heterocycles. The zero-order valence-corrected chi connectivity index (χ0v) is 14.9. The first kappa shape index (κ1) is 16.5. The smallest absolute Gasteiger partial charge is 0.236 e. The van der Waals surface area contributed by atoms with Gasteiger partial charge in [-0.25, -0.2) is 9.97 Å². The minimum Gasteiger partial charge on any atom is -0.497 e. The van der Waals surface area contributed by atoms with Crippen LogP contribution in [0.25, 0.3) is 5.69 Å². The maximum Gasteiger partial charge on any atom is 0.236 e. The maximum absolute atomic E-state index is 12.0. The van der Waals surface area contributed by atoms with Crippen LogP contribution in [0.5, 0.6) is 5.75 Å². The number of anilines is 1. The average Bonchev–Trinajstić information content (AvgIpc) is 3.22. The molecule has 0 radical (unpaired) electrons. The molecule has 0 fully saturated rings. The maximum atomic E-state index is 12.0. The van der Waals surface area contributed by atoms with Gasteiger partial charge in [0.15, 0.2) is 10.3 Å². The van der Waals surface area contributed by atoms with Crippen molar-refractivity contribution in [3.63, 3.8) is 0 Å². The highest BCUT2D eigenvalue weighted by Gasteiger charge is 2.11. The SMILES string of the molecule is COc1cccc(-n2ccnc2SCC(=O)Nc2nc(C)cs2)c1. The Hall–Kier alpha value is -2.32. The van der Waals surface area contributed by atoms with E-state index >= 15 is 0 Å². The van der Waals surface area contributed by atoms with Gasteiger partial charge in [-0.05, 0) is 19.1 Å². The largest absolute Gasteiger partial charge is 0.497 e. The number of nitrogens with one attached hydrogen (secondary N) is 1. The Labute approximate surface area is 147 Å². The molecule has 2 heterocycles. The lowest BCUT2D eigenvalue weighted by Crippen LogP contribution is -2.14. The van der Waals surface area contributed by atoms with Crippen LogP contribution in [-0.2, 0) is 4.79 Å². The van der Waals surface area contributed by atoms with Crippen molar-refractivity contribution in [2.24, 2.45) is 0 Å². The lowest BCUT2D eigenvalue weighted by molar-refractivity contribution is -0.113. The second kappa shape index (κ2) is 7.50. The minimum absolute atomic E-state index is 0.102. The minimum atomic E-state index is -0.102. The number of benzene rings is 1. The van der Waals surface area contributed by atoms with E-state index in [9.17, 15) is 4.79 Å². The topological polar surface area (TPSA) is 69.0 Å². The van der Waals surface area contributed by atoms with Gasteiger partial charge < -0.3 is 10.1 Å². The predicted molar refractivity (Wildman–Crippen MR) is 96.3 cm³/mol. The normalized spacial score (nSPS) is 10.6. The first-order chi connectivity index (χ1) is 11.7. The molecule has 3 rings (SSSR count). The number of carbonyl (C=O) groups is 1. The van der Waals surface area contributed by atoms with E-state index < -0.39 is 0 Å². The molecule has 6 nitrogen and oxygen atoms in total. The lowest BCUT2D eigenvalue weighted by atomic mass is 10.3. The number of ether oxygens (including phenoxy) is 1. The molecule has 124 valence electrons. The number of methoxy groups -OCH3 is 1. The molecule has 24 heavy (non-hydrogen) atoms. The second-order valence-corrected chi connectivity index (χ2v) is 6.71. The molecule has 8 heteroatoms. The van der Waals surface area contributed by atoms with Crippen molar-refractivity contribution in [3.05, 3.63) is 47.7 Å². The van der Waals surface area contributed by atoms with E-state index in [0.29, 0.717) is 5.13 Å². The van der Waals surface area contributed by atoms with Crippen LogP contribution in [0.2, 0.25) is 0 Å². The molecule has 0 aliphatic carbocycles. The van der Waals surface area contributed by atoms with Gasteiger partial charge in [0.1, 0.15) is 5.75 Å². The molecule has 1 amide bonds. The zero-order chi connectivity index (χ0) is 16.9. The van der Waals surface area contributed by atoms with E-state index in [1.807, 2.05) is 47.3 Å². The molecule has 3 aromatic rings. The van der Waals surface area contributed by atoms with Crippen molar-refractivity contribution in [1.29, 1.82) is 0 Å². The second-order valence-electron chi connectivity index (χ2n) is 4.91. The Morgan fingerprint density at radius 1 is 1.46 bits per heavy atom. The molecule has 0 atom stereocenters. The molecule has 0 unspecified atom stereocenters. The van der Waals surface area contributed by atoms with Crippen LogP contribution in [0.15, 0.2) is 47.2 Å². The molecule has 0 saturated heterocycles. The highest BCUT2D eigenvalue weighted by molar-refractivity contribution is 7.99. The molecular weight excluding hydrogens is 344 g/mol. The molecule has 0 aliphatic rings. The number of hydrogen-bond acceptors (Lipinski definition) is 6. The van der Waals surface area contributed by atoms with E-state index in [4.69, 9.17) is 4.74 Å². The highest BCUT2D eigenvalue weighted by Crippen LogP contribution is 2.23. The molecule has 2 aromatic heterocycles. The van der Waals surface area contributed by atoms with Gasteiger partial charge in [0.05, 0.1) is 24.2 Å². The van der Waals surface area contributed by atoms with Gasteiger partial charge in [-0.15, -0.1) is 11.3 Å². The van der Waals surface area contributed by atoms with Crippen LogP contribution < -0.4 is 10.1 Å². The summed E-state index contributed by atoms with van der Waals surface area (Å²) in [6.07, 6.45) is 3.57. The summed E-state index contributed by atoms with van der Waals surface area (Å²) in [7, 11) is 1.63. The molecule has 0 bridgehead atoms. The van der Waals surface area contributed by atoms with E-state index in [0.717, 1.165) is 22.3 Å². The van der Waals surface area contributed by atoms with Gasteiger partial charge in [0.25, 0.3) is 0 Å². The standard InChI is InChI=1S/C16H16N4O2S2/c1-11-9-23-15(18-11)19-14(21)10-24-16-17-6-7-20(16)12-4-3-5-13(8-12)22-2/h3-9H,10H2,1-2H3,(H,18,19,21). The van der Waals surface area contributed by atoms with E-state index in [-0.39, 0.29) is 11.7 Å². The Kier molecular flexibility index (Phi) is 5.17. The number of amides is 1. The fourth-order valence-electron chi connectivity index (χ4n) is 2.05. The quantitative estimate of drug-likeness (QED) is 0.683. The summed E-state index contributed by atoms with van der Waals surface area (Å²) in [4.78, 5) is 20.6. The van der Waals surface area contributed by atoms with Crippen LogP contribution in [-0.4, -0.2) is 33.3 Å². The van der Waals surface area contributed by atoms with Crippen LogP contribution in [0.3, 0.4) is 0 Å². The van der Waals surface area contributed by atoms with Gasteiger partial charge >= 0.3 is 0 Å². The Bertz CT molecular complexity index is 844. The van der Waals surface area contributed by atoms with Gasteiger partial charge in [-0.3, -0.25) is 9.36 Å². The third-order valence-electron chi connectivity index (χ3n) is 3.14. The Balaban J connectivity index is 1.66. The van der Waals surface area contributed by atoms with Gasteiger partial charge in [0.2, 0.25) is 5.91 Å². The zero-order valence-electron chi connectivity index (χ0n) is 13.2. The van der Waals surface area contributed by atoms with Crippen LogP contribution in [0.1, 0.15) is 5.69 Å². The van der Waals surface area contributed by atoms with E-state index in [2.05, 4.69) is 15.3 Å². The summed E-state index contributed by atoms with van der Waals surface area (Å²) in [6, 6.07) is 7.69. The van der Waals surface area contributed by atoms with Gasteiger partial charge in [-0.2, -0.15) is 0 Å². The van der Waals surface area contributed by atoms with Gasteiger partial charge in [0, 0.05) is 23.8 Å². The fraction of sp³-hybridized carbons (Fsp3) is 0.188. The third-order valence-corrected chi connectivity index (χ3v) is 4.98. The number of hydrogen-bond donors (Lipinski definition) is 1. The summed E-state index contributed by atoms with van der Waals surface area (Å²) in [5, 5.41) is 6.06. The number of nitrogens with zero attached hydrogens (tertiary/aromatic N) is 3. The summed E-state index contributed by atoms with van der Waals surface area (Å²) in [5.41, 5.74) is 1.84. The number of aryl methyl sites for hydroxylation is 1. The fourth-order valence-corrected chi connectivity index (χ4v) is 3.53. The highest BCUT2D eigenvalue weighted by atomic mass is 32.2. The number of thiazole rings is 1. The molecule has 1 N–H and O–H groups in total. The summed E-state index contributed by atoms with van der Waals surface area (Å²) in [5.74, 6) is 0.933. The van der Waals surface area contributed by atoms with Gasteiger partial charge in [-0.1, -0.05) is 17.8 Å². The number of rotatable bonds is 6. The average molecular weight is 360 g/mol. The summed E-state index contributed by atoms with van der Waals surface area (Å²) < 4.78 is 7.17. The molecule has 0 spiro atoms. The number of aromatic nitrogens is 3. The van der Waals surface area contributed by atoms with Crippen molar-refractivity contribution >= 4 is 34.1 Å². The number of thioether (sulfide) groups is 1. The first-order valence-corrected chi connectivity index (χ1v) is 9.05.